The average Bonchev–Trinajstić information content (AvgIpc) is 3.33. The Labute approximate surface area is 279 Å². The zero-order valence-corrected chi connectivity index (χ0v) is 29.3. The number of anilines is 1. The second-order valence-corrected chi connectivity index (χ2v) is 15.0. The molecule has 2 heterocycles. The molecule has 1 N–H and O–H groups in total. The van der Waals surface area contributed by atoms with E-state index in [-0.39, 0.29) is 16.1 Å². The smallest absolute Gasteiger partial charge is 0.294 e. The van der Waals surface area contributed by atoms with Crippen molar-refractivity contribution in [3.8, 4) is 0 Å². The van der Waals surface area contributed by atoms with Crippen LogP contribution in [0.2, 0.25) is 0 Å². The van der Waals surface area contributed by atoms with Gasteiger partial charge in [-0.2, -0.15) is 13.0 Å². The van der Waals surface area contributed by atoms with Crippen LogP contribution in [0.1, 0.15) is 89.3 Å². The molecule has 10 heteroatoms. The number of azide groups is 1. The minimum atomic E-state index is -4.34. The van der Waals surface area contributed by atoms with Crippen LogP contribution in [0.25, 0.3) is 10.4 Å². The predicted octanol–water partition coefficient (Wildman–Crippen LogP) is 8.65. The minimum absolute atomic E-state index is 0.113. The number of benzene rings is 2. The van der Waals surface area contributed by atoms with Crippen molar-refractivity contribution in [2.45, 2.75) is 95.3 Å². The molecule has 9 nitrogen and oxygen atoms in total. The molecule has 0 radical (unpaired) electrons. The van der Waals surface area contributed by atoms with Crippen molar-refractivity contribution < 1.29 is 22.3 Å². The quantitative estimate of drug-likeness (QED) is 0.0390. The number of unbranched alkanes of at least 4 members (excludes halogenated alkanes) is 3. The summed E-state index contributed by atoms with van der Waals surface area (Å²) in [5, 5.41) is 3.51. The molecule has 2 aromatic rings. The lowest BCUT2D eigenvalue weighted by atomic mass is 9.81. The molecule has 0 spiro atoms. The van der Waals surface area contributed by atoms with Crippen molar-refractivity contribution in [1.82, 2.24) is 0 Å². The van der Waals surface area contributed by atoms with Gasteiger partial charge in [0.1, 0.15) is 12.8 Å². The Kier molecular flexibility index (Phi) is 11.3. The van der Waals surface area contributed by atoms with Crippen molar-refractivity contribution in [3.05, 3.63) is 99.6 Å². The number of ketones is 1. The Hall–Kier alpha value is -3.98. The maximum Gasteiger partial charge on any atom is 0.294 e. The van der Waals surface area contributed by atoms with Gasteiger partial charge in [0.2, 0.25) is 5.69 Å². The van der Waals surface area contributed by atoms with Gasteiger partial charge in [0.25, 0.3) is 10.1 Å². The number of nitrogens with zero attached hydrogens (tertiary/aromatic N) is 5. The van der Waals surface area contributed by atoms with Gasteiger partial charge < -0.3 is 4.90 Å². The van der Waals surface area contributed by atoms with E-state index in [0.29, 0.717) is 25.9 Å². The number of aryl methyl sites for hydroxylation is 1. The van der Waals surface area contributed by atoms with E-state index in [2.05, 4.69) is 97.6 Å². The molecule has 0 amide bonds. The van der Waals surface area contributed by atoms with Gasteiger partial charge in [-0.25, -0.2) is 0 Å². The first-order valence-corrected chi connectivity index (χ1v) is 17.8. The normalized spacial score (nSPS) is 17.5. The number of hydrogen-bond acceptors (Lipinski definition) is 5. The Morgan fingerprint density at radius 2 is 1.68 bits per heavy atom. The Bertz CT molecular complexity index is 1790. The molecule has 4 rings (SSSR count). The molecular formula is C37H48N5O4S+. The van der Waals surface area contributed by atoms with E-state index in [0.717, 1.165) is 49.1 Å². The summed E-state index contributed by atoms with van der Waals surface area (Å²) in [6.45, 7) is 11.9. The van der Waals surface area contributed by atoms with Crippen molar-refractivity contribution in [3.63, 3.8) is 0 Å². The van der Waals surface area contributed by atoms with Gasteiger partial charge in [0.15, 0.2) is 5.71 Å². The summed E-state index contributed by atoms with van der Waals surface area (Å²) in [7, 11) is -2.24. The van der Waals surface area contributed by atoms with E-state index in [9.17, 15) is 17.8 Å². The van der Waals surface area contributed by atoms with Crippen molar-refractivity contribution in [1.29, 1.82) is 0 Å². The second kappa shape index (κ2) is 14.8. The van der Waals surface area contributed by atoms with Crippen LogP contribution in [0.3, 0.4) is 0 Å². The van der Waals surface area contributed by atoms with Crippen LogP contribution in [0.5, 0.6) is 0 Å². The molecule has 2 aliphatic rings. The summed E-state index contributed by atoms with van der Waals surface area (Å²) in [4.78, 5) is 17.1. The predicted molar refractivity (Wildman–Crippen MR) is 189 cm³/mol. The van der Waals surface area contributed by atoms with E-state index >= 15 is 0 Å². The van der Waals surface area contributed by atoms with Gasteiger partial charge in [-0.1, -0.05) is 55.2 Å². The monoisotopic (exact) mass is 658 g/mol. The highest BCUT2D eigenvalue weighted by Crippen LogP contribution is 2.48. The van der Waals surface area contributed by atoms with Crippen molar-refractivity contribution in [2.24, 2.45) is 5.11 Å². The molecule has 0 fully saturated rings. The molecule has 47 heavy (non-hydrogen) atoms. The van der Waals surface area contributed by atoms with E-state index < -0.39 is 15.5 Å². The highest BCUT2D eigenvalue weighted by molar-refractivity contribution is 7.85. The van der Waals surface area contributed by atoms with Crippen LogP contribution in [0.15, 0.2) is 82.5 Å². The standard InChI is InChI=1S/C37H47N5O4S/c1-27-19-21-32-30(25-27)36(2,3)34(41(32)6)17-10-7-11-18-35-37(4,5)31-26-29(47(44,45)46)20-22-33(31)42(35)24-14-8-9-15-28(43)16-12-13-23-39-40-38/h7,10-11,17-22,25-26H,8-9,12-16,23-24H2,1-6H3/p+1. The average molecular weight is 659 g/mol. The third-order valence-electron chi connectivity index (χ3n) is 9.44. The molecule has 0 unspecified atom stereocenters. The van der Waals surface area contributed by atoms with Gasteiger partial charge in [-0.3, -0.25) is 9.35 Å². The number of allylic oxidation sites excluding steroid dienone is 6. The number of Topliss-reactive ketones (excluding diaryl/α,β-unsaturated/α-hetero) is 1. The van der Waals surface area contributed by atoms with Crippen LogP contribution in [-0.2, 0) is 25.7 Å². The van der Waals surface area contributed by atoms with E-state index in [1.807, 2.05) is 12.2 Å². The molecule has 0 saturated carbocycles. The summed E-state index contributed by atoms with van der Waals surface area (Å²) in [6.07, 6.45) is 15.4. The van der Waals surface area contributed by atoms with Gasteiger partial charge in [0.05, 0.1) is 10.3 Å². The van der Waals surface area contributed by atoms with Crippen LogP contribution in [-0.4, -0.2) is 49.2 Å². The largest absolute Gasteiger partial charge is 0.344 e. The Morgan fingerprint density at radius 1 is 0.957 bits per heavy atom. The summed E-state index contributed by atoms with van der Waals surface area (Å²) in [5.41, 5.74) is 15.6. The lowest BCUT2D eigenvalue weighted by Gasteiger charge is -2.27. The van der Waals surface area contributed by atoms with Crippen LogP contribution < -0.4 is 4.90 Å². The molecule has 2 aromatic carbocycles. The van der Waals surface area contributed by atoms with Gasteiger partial charge in [0, 0.05) is 65.3 Å². The number of rotatable bonds is 15. The Balaban J connectivity index is 1.48. The second-order valence-electron chi connectivity index (χ2n) is 13.6. The first kappa shape index (κ1) is 35.9. The van der Waals surface area contributed by atoms with Gasteiger partial charge in [-0.05, 0) is 87.9 Å². The lowest BCUT2D eigenvalue weighted by molar-refractivity contribution is -0.401. The van der Waals surface area contributed by atoms with Crippen molar-refractivity contribution in [2.75, 3.05) is 25.0 Å². The summed E-state index contributed by atoms with van der Waals surface area (Å²) >= 11 is 0. The molecule has 2 aliphatic heterocycles. The molecule has 0 aromatic heterocycles. The maximum absolute atomic E-state index is 12.3. The number of fused-ring (bicyclic) bond motifs is 2. The fourth-order valence-electron chi connectivity index (χ4n) is 6.81. The third-order valence-corrected chi connectivity index (χ3v) is 10.3. The maximum atomic E-state index is 12.3. The molecule has 0 aliphatic carbocycles. The summed E-state index contributed by atoms with van der Waals surface area (Å²) in [5.74, 6) is 0.236. The van der Waals surface area contributed by atoms with Crippen LogP contribution in [0, 0.1) is 6.92 Å². The minimum Gasteiger partial charge on any atom is -0.344 e. The van der Waals surface area contributed by atoms with E-state index in [1.54, 1.807) is 12.1 Å². The Morgan fingerprint density at radius 3 is 2.38 bits per heavy atom. The first-order valence-electron chi connectivity index (χ1n) is 16.4. The zero-order valence-electron chi connectivity index (χ0n) is 28.5. The first-order chi connectivity index (χ1) is 22.2. The van der Waals surface area contributed by atoms with Crippen LogP contribution in [0.4, 0.5) is 11.4 Å². The highest BCUT2D eigenvalue weighted by atomic mass is 32.2. The lowest BCUT2D eigenvalue weighted by Crippen LogP contribution is -2.27. The SMILES string of the molecule is Cc1ccc2c(c1)C(C)(C)C(/C=C/C=C/C=C1/N(CCCCCC(=O)CCCCN=[N+]=[N-])c3ccc(S(=O)(=O)O)cc3C1(C)C)=[N+]2C. The number of carbonyl (C=O) groups excluding carboxylic acids is 1. The van der Waals surface area contributed by atoms with Crippen molar-refractivity contribution >= 4 is 33.0 Å². The molecule has 250 valence electrons. The van der Waals surface area contributed by atoms with Gasteiger partial charge in [-0.15, -0.1) is 0 Å². The fraction of sp³-hybridized carbons (Fsp3) is 0.459. The van der Waals surface area contributed by atoms with Gasteiger partial charge >= 0.3 is 0 Å². The zero-order chi connectivity index (χ0) is 34.4. The number of carbonyl (C=O) groups is 1. The van der Waals surface area contributed by atoms with E-state index in [1.165, 1.54) is 28.6 Å². The molecule has 0 saturated heterocycles. The van der Waals surface area contributed by atoms with E-state index in [4.69, 9.17) is 5.53 Å². The summed E-state index contributed by atoms with van der Waals surface area (Å²) < 4.78 is 36.0. The highest BCUT2D eigenvalue weighted by Gasteiger charge is 2.43. The fourth-order valence-corrected chi connectivity index (χ4v) is 7.31. The molecule has 0 bridgehead atoms. The summed E-state index contributed by atoms with van der Waals surface area (Å²) in [6, 6.07) is 11.4. The molecule has 0 atom stereocenters. The topological polar surface area (TPSA) is 126 Å². The van der Waals surface area contributed by atoms with Crippen LogP contribution >= 0.6 is 0 Å². The number of hydrogen-bond donors (Lipinski definition) is 1. The molecular weight excluding hydrogens is 611 g/mol. The third kappa shape index (κ3) is 8.12.